The summed E-state index contributed by atoms with van der Waals surface area (Å²) in [5.74, 6) is 0.906. The number of allylic oxidation sites excluding steroid dienone is 7. The molecule has 0 fully saturated rings. The zero-order valence-electron chi connectivity index (χ0n) is 26.1. The molecule has 0 unspecified atom stereocenters. The number of terminal acetylenes is 1. The van der Waals surface area contributed by atoms with E-state index < -0.39 is 0 Å². The second kappa shape index (κ2) is 22.4. The van der Waals surface area contributed by atoms with Crippen LogP contribution in [0.25, 0.3) is 10.9 Å². The van der Waals surface area contributed by atoms with Gasteiger partial charge in [-0.25, -0.2) is 4.98 Å². The van der Waals surface area contributed by atoms with E-state index in [1.807, 2.05) is 58.6 Å². The Labute approximate surface area is 248 Å². The van der Waals surface area contributed by atoms with Crippen molar-refractivity contribution in [2.45, 2.75) is 60.8 Å². The van der Waals surface area contributed by atoms with Crippen LogP contribution in [0, 0.1) is 12.8 Å². The lowest BCUT2D eigenvalue weighted by Gasteiger charge is -2.22. The van der Waals surface area contributed by atoms with Crippen molar-refractivity contribution in [1.29, 1.82) is 0 Å². The summed E-state index contributed by atoms with van der Waals surface area (Å²) in [7, 11) is 1.93. The Bertz CT molecular complexity index is 1270. The lowest BCUT2D eigenvalue weighted by Crippen LogP contribution is -2.25. The Hall–Kier alpha value is -4.37. The van der Waals surface area contributed by atoms with Gasteiger partial charge in [0.25, 0.3) is 0 Å². The number of pyridine rings is 2. The van der Waals surface area contributed by atoms with Crippen LogP contribution in [0.2, 0.25) is 0 Å². The normalized spacial score (nSPS) is 11.1. The maximum absolute atomic E-state index is 10.7. The van der Waals surface area contributed by atoms with Crippen LogP contribution < -0.4 is 10.2 Å². The molecule has 3 aromatic rings. The molecular weight excluding hydrogens is 506 g/mol. The molecule has 6 heteroatoms. The van der Waals surface area contributed by atoms with E-state index in [0.29, 0.717) is 5.56 Å². The molecule has 0 aromatic carbocycles. The Morgan fingerprint density at radius 2 is 1.80 bits per heavy atom. The number of hydrogen-bond donors (Lipinski definition) is 2. The van der Waals surface area contributed by atoms with Gasteiger partial charge in [0.05, 0.1) is 11.7 Å². The van der Waals surface area contributed by atoms with Gasteiger partial charge in [0.15, 0.2) is 0 Å². The minimum atomic E-state index is 0.692. The first-order chi connectivity index (χ1) is 20.0. The summed E-state index contributed by atoms with van der Waals surface area (Å²) in [6.45, 7) is 18.3. The van der Waals surface area contributed by atoms with Crippen LogP contribution >= 0.6 is 0 Å². The number of aromatic nitrogens is 3. The second-order valence-electron chi connectivity index (χ2n) is 8.68. The summed E-state index contributed by atoms with van der Waals surface area (Å²) in [6.07, 6.45) is 27.6. The highest BCUT2D eigenvalue weighted by Crippen LogP contribution is 2.20. The van der Waals surface area contributed by atoms with Gasteiger partial charge in [0.2, 0.25) is 0 Å². The van der Waals surface area contributed by atoms with Crippen LogP contribution in [0.1, 0.15) is 70.3 Å². The smallest absolute Gasteiger partial charge is 0.150 e. The maximum atomic E-state index is 10.7. The van der Waals surface area contributed by atoms with Crippen molar-refractivity contribution < 1.29 is 4.79 Å². The van der Waals surface area contributed by atoms with Crippen molar-refractivity contribution in [3.8, 4) is 12.8 Å². The number of fused-ring (bicyclic) bond motifs is 1. The van der Waals surface area contributed by atoms with Crippen LogP contribution in [0.4, 0.5) is 5.82 Å². The molecule has 3 rings (SSSR count). The van der Waals surface area contributed by atoms with Crippen LogP contribution in [0.15, 0.2) is 90.7 Å². The molecule has 3 heterocycles. The molecule has 0 aliphatic carbocycles. The van der Waals surface area contributed by atoms with Gasteiger partial charge in [0, 0.05) is 55.4 Å². The molecule has 3 aromatic heterocycles. The predicted molar refractivity (Wildman–Crippen MR) is 178 cm³/mol. The zero-order chi connectivity index (χ0) is 31.0. The quantitative estimate of drug-likeness (QED) is 0.134. The number of carbonyl (C=O) groups is 1. The first kappa shape index (κ1) is 36.6. The van der Waals surface area contributed by atoms with E-state index in [0.717, 1.165) is 66.8 Å². The minimum absolute atomic E-state index is 0.692. The summed E-state index contributed by atoms with van der Waals surface area (Å²) in [4.78, 5) is 24.7. The Morgan fingerprint density at radius 1 is 1.12 bits per heavy atom. The van der Waals surface area contributed by atoms with E-state index in [9.17, 15) is 4.79 Å². The molecule has 0 amide bonds. The van der Waals surface area contributed by atoms with Crippen molar-refractivity contribution in [3.05, 3.63) is 102 Å². The molecule has 220 valence electrons. The molecule has 0 bridgehead atoms. The van der Waals surface area contributed by atoms with Crippen LogP contribution in [-0.4, -0.2) is 41.4 Å². The molecule has 6 nitrogen and oxygen atoms in total. The topological polar surface area (TPSA) is 73.9 Å². The molecule has 0 spiro atoms. The molecule has 41 heavy (non-hydrogen) atoms. The van der Waals surface area contributed by atoms with Crippen LogP contribution in [0.5, 0.6) is 0 Å². The largest absolute Gasteiger partial charge is 0.392 e. The summed E-state index contributed by atoms with van der Waals surface area (Å²) in [5.41, 5.74) is 6.39. The van der Waals surface area contributed by atoms with E-state index in [1.54, 1.807) is 12.3 Å². The first-order valence-corrected chi connectivity index (χ1v) is 14.3. The van der Waals surface area contributed by atoms with Crippen molar-refractivity contribution in [2.75, 3.05) is 25.0 Å². The van der Waals surface area contributed by atoms with Gasteiger partial charge in [-0.15, -0.1) is 12.8 Å². The van der Waals surface area contributed by atoms with Crippen LogP contribution in [-0.2, 0) is 6.42 Å². The fraction of sp³-hybridized carbons (Fsp3) is 0.343. The van der Waals surface area contributed by atoms with Gasteiger partial charge < -0.3 is 15.2 Å². The van der Waals surface area contributed by atoms with Gasteiger partial charge in [-0.3, -0.25) is 9.78 Å². The number of aldehydes is 1. The average molecular weight is 556 g/mol. The van der Waals surface area contributed by atoms with Gasteiger partial charge in [0.1, 0.15) is 12.1 Å². The van der Waals surface area contributed by atoms with Gasteiger partial charge in [-0.05, 0) is 74.1 Å². The predicted octanol–water partition coefficient (Wildman–Crippen LogP) is 8.08. The fourth-order valence-electron chi connectivity index (χ4n) is 3.95. The SMILES string of the molecule is C#C.C=CC(=C/C)/C(=C\Cc1cncc2[nH]ccc12)/C=C(\C)NC.CC.CCCN(CCC)c1cc(C=O)ccn1. The summed E-state index contributed by atoms with van der Waals surface area (Å²) >= 11 is 0. The molecule has 0 saturated heterocycles. The van der Waals surface area contributed by atoms with E-state index in [4.69, 9.17) is 0 Å². The van der Waals surface area contributed by atoms with Crippen molar-refractivity contribution in [3.63, 3.8) is 0 Å². The Balaban J connectivity index is 0.000000735. The molecule has 0 radical (unpaired) electrons. The van der Waals surface area contributed by atoms with Gasteiger partial charge in [-0.1, -0.05) is 52.5 Å². The van der Waals surface area contributed by atoms with Crippen molar-refractivity contribution in [1.82, 2.24) is 20.3 Å². The molecular formula is C35H49N5O. The summed E-state index contributed by atoms with van der Waals surface area (Å²) < 4.78 is 0. The molecule has 0 atom stereocenters. The Kier molecular flexibility index (Phi) is 20.1. The highest BCUT2D eigenvalue weighted by atomic mass is 16.1. The monoisotopic (exact) mass is 555 g/mol. The third kappa shape index (κ3) is 12.6. The number of anilines is 1. The van der Waals surface area contributed by atoms with Crippen molar-refractivity contribution in [2.24, 2.45) is 0 Å². The first-order valence-electron chi connectivity index (χ1n) is 14.3. The fourth-order valence-corrected chi connectivity index (χ4v) is 3.95. The maximum Gasteiger partial charge on any atom is 0.150 e. The molecule has 0 saturated carbocycles. The number of nitrogens with one attached hydrogen (secondary N) is 2. The lowest BCUT2D eigenvalue weighted by molar-refractivity contribution is 0.112. The highest BCUT2D eigenvalue weighted by Gasteiger charge is 2.06. The Morgan fingerprint density at radius 3 is 2.37 bits per heavy atom. The minimum Gasteiger partial charge on any atom is -0.392 e. The molecule has 0 aliphatic rings. The van der Waals surface area contributed by atoms with Crippen molar-refractivity contribution >= 4 is 23.0 Å². The average Bonchev–Trinajstić information content (AvgIpc) is 3.52. The van der Waals surface area contributed by atoms with E-state index >= 15 is 0 Å². The van der Waals surface area contributed by atoms with Crippen LogP contribution in [0.3, 0.4) is 0 Å². The second-order valence-corrected chi connectivity index (χ2v) is 8.68. The van der Waals surface area contributed by atoms with E-state index in [1.165, 1.54) is 10.9 Å². The number of hydrogen-bond acceptors (Lipinski definition) is 5. The van der Waals surface area contributed by atoms with E-state index in [-0.39, 0.29) is 0 Å². The number of aromatic amines is 1. The van der Waals surface area contributed by atoms with E-state index in [2.05, 4.69) is 89.7 Å². The number of nitrogens with zero attached hydrogens (tertiary/aromatic N) is 3. The summed E-state index contributed by atoms with van der Waals surface area (Å²) in [5, 5.41) is 4.39. The number of carbonyl (C=O) groups excluding carboxylic acids is 1. The van der Waals surface area contributed by atoms with Gasteiger partial charge in [-0.2, -0.15) is 0 Å². The number of H-pyrrole nitrogens is 1. The summed E-state index contributed by atoms with van der Waals surface area (Å²) in [6, 6.07) is 5.67. The zero-order valence-corrected chi connectivity index (χ0v) is 26.1. The third-order valence-corrected chi connectivity index (χ3v) is 5.95. The standard InChI is InChI=1S/C19H23N3.C12H18N2O.C2H6.C2H2/c1-5-15(6-2)16(11-14(3)20-4)7-8-17-12-21-13-19-18(17)9-10-22-19;1-3-7-14(8-4-2)12-9-11(10-15)5-6-13-12;2*1-2/h5-7,9-13,20,22H,1,8H2,2-4H3;5-6,9-10H,3-4,7-8H2,1-2H3;1-2H3;1-2H/b14-11+,15-6-,16-7-;;;. The number of rotatable bonds is 12. The molecule has 0 aliphatic heterocycles. The molecule has 2 N–H and O–H groups in total. The third-order valence-electron chi connectivity index (χ3n) is 5.95. The highest BCUT2D eigenvalue weighted by molar-refractivity contribution is 5.82. The lowest BCUT2D eigenvalue weighted by atomic mass is 10.0. The van der Waals surface area contributed by atoms with Gasteiger partial charge >= 0.3 is 0 Å².